The van der Waals surface area contributed by atoms with Crippen LogP contribution in [0.4, 0.5) is 0 Å². The molecule has 0 saturated carbocycles. The van der Waals surface area contributed by atoms with Crippen molar-refractivity contribution in [1.82, 2.24) is 10.6 Å². The quantitative estimate of drug-likeness (QED) is 0.0207. The van der Waals surface area contributed by atoms with Crippen LogP contribution in [-0.2, 0) is 42.8 Å². The Morgan fingerprint density at radius 1 is 0.559 bits per heavy atom. The number of amides is 2. The van der Waals surface area contributed by atoms with E-state index in [1.165, 1.54) is 186 Å². The molecular formula is C70H130N2O21. The maximum atomic E-state index is 13.5. The topological polar surface area (TPSA) is 373 Å². The zero-order valence-corrected chi connectivity index (χ0v) is 57.1. The number of aliphatic hydroxyl groups is 11. The first-order chi connectivity index (χ1) is 44.9. The normalized spacial score (nSPS) is 28.1. The monoisotopic (exact) mass is 1330 g/mol. The minimum absolute atomic E-state index is 0.205. The van der Waals surface area contributed by atoms with E-state index in [1.807, 2.05) is 6.08 Å². The van der Waals surface area contributed by atoms with Crippen molar-refractivity contribution in [3.8, 4) is 0 Å². The number of rotatable bonds is 56. The predicted molar refractivity (Wildman–Crippen MR) is 352 cm³/mol. The fraction of sp³-hybridized carbons (Fsp3) is 0.929. The third-order valence-corrected chi connectivity index (χ3v) is 18.7. The number of nitrogens with one attached hydrogen (secondary N) is 2. The lowest BCUT2D eigenvalue weighted by atomic mass is 9.88. The molecule has 2 amide bonds. The van der Waals surface area contributed by atoms with Crippen molar-refractivity contribution in [1.29, 1.82) is 0 Å². The summed E-state index contributed by atoms with van der Waals surface area (Å²) in [5, 5.41) is 136. The van der Waals surface area contributed by atoms with E-state index in [0.29, 0.717) is 12.8 Å². The van der Waals surface area contributed by atoms with Gasteiger partial charge < -0.3 is 100 Å². The number of carboxylic acids is 1. The first-order valence-corrected chi connectivity index (χ1v) is 36.6. The Hall–Kier alpha value is -2.53. The summed E-state index contributed by atoms with van der Waals surface area (Å²) in [6.07, 6.45) is 21.3. The van der Waals surface area contributed by atoms with Gasteiger partial charge in [0.1, 0.15) is 67.1 Å². The van der Waals surface area contributed by atoms with Gasteiger partial charge in [-0.05, 0) is 19.3 Å². The number of carboxylic acid groups (broad SMARTS) is 1. The average Bonchev–Trinajstić information content (AvgIpc) is 0.768. The van der Waals surface area contributed by atoms with Crippen molar-refractivity contribution in [2.45, 2.75) is 387 Å². The predicted octanol–water partition coefficient (Wildman–Crippen LogP) is 7.46. The molecule has 3 fully saturated rings. The minimum Gasteiger partial charge on any atom is -0.477 e. The lowest BCUT2D eigenvalue weighted by molar-refractivity contribution is -0.386. The molecule has 0 aliphatic carbocycles. The van der Waals surface area contributed by atoms with Gasteiger partial charge in [0.2, 0.25) is 11.8 Å². The molecule has 0 aromatic heterocycles. The Bertz CT molecular complexity index is 1930. The van der Waals surface area contributed by atoms with Crippen LogP contribution in [0.5, 0.6) is 0 Å². The summed E-state index contributed by atoms with van der Waals surface area (Å²) in [5.41, 5.74) is 0. The van der Waals surface area contributed by atoms with Gasteiger partial charge in [0.25, 0.3) is 5.79 Å². The van der Waals surface area contributed by atoms with Crippen LogP contribution in [0.3, 0.4) is 0 Å². The summed E-state index contributed by atoms with van der Waals surface area (Å²) in [6.45, 7) is 2.15. The van der Waals surface area contributed by atoms with Crippen LogP contribution < -0.4 is 10.6 Å². The van der Waals surface area contributed by atoms with Gasteiger partial charge in [-0.1, -0.05) is 251 Å². The third-order valence-electron chi connectivity index (χ3n) is 18.7. The van der Waals surface area contributed by atoms with Crippen molar-refractivity contribution in [3.63, 3.8) is 0 Å². The van der Waals surface area contributed by atoms with Gasteiger partial charge in [-0.15, -0.1) is 0 Å². The van der Waals surface area contributed by atoms with Crippen LogP contribution in [0.15, 0.2) is 12.2 Å². The summed E-state index contributed by atoms with van der Waals surface area (Å²) in [4.78, 5) is 38.5. The number of aliphatic hydroxyl groups excluding tert-OH is 11. The average molecular weight is 1340 g/mol. The smallest absolute Gasteiger partial charge is 0.364 e. The molecule has 0 aromatic rings. The van der Waals surface area contributed by atoms with Crippen LogP contribution in [0.1, 0.15) is 278 Å². The molecule has 3 heterocycles. The zero-order valence-electron chi connectivity index (χ0n) is 57.1. The molecular weight excluding hydrogens is 1200 g/mol. The highest BCUT2D eigenvalue weighted by Crippen LogP contribution is 2.39. The highest BCUT2D eigenvalue weighted by atomic mass is 16.8. The second-order valence-corrected chi connectivity index (χ2v) is 26.8. The van der Waals surface area contributed by atoms with E-state index in [-0.39, 0.29) is 12.3 Å². The highest BCUT2D eigenvalue weighted by molar-refractivity contribution is 5.77. The second kappa shape index (κ2) is 50.7. The summed E-state index contributed by atoms with van der Waals surface area (Å²) in [7, 11) is 0. The van der Waals surface area contributed by atoms with Gasteiger partial charge in [0, 0.05) is 19.8 Å². The maximum absolute atomic E-state index is 13.5. The molecule has 546 valence electrons. The van der Waals surface area contributed by atoms with Gasteiger partial charge in [0.05, 0.1) is 50.7 Å². The lowest BCUT2D eigenvalue weighted by Gasteiger charge is -2.50. The number of aliphatic carboxylic acids is 1. The first kappa shape index (κ1) is 84.7. The minimum atomic E-state index is -3.08. The van der Waals surface area contributed by atoms with Crippen molar-refractivity contribution in [3.05, 3.63) is 12.2 Å². The number of carbonyl (C=O) groups is 3. The molecule has 93 heavy (non-hydrogen) atoms. The Morgan fingerprint density at radius 2 is 1.00 bits per heavy atom. The molecule has 0 aromatic carbocycles. The molecule has 14 N–H and O–H groups in total. The number of hydrogen-bond acceptors (Lipinski definition) is 20. The zero-order chi connectivity index (χ0) is 68.2. The molecule has 18 unspecified atom stereocenters. The molecule has 0 bridgehead atoms. The van der Waals surface area contributed by atoms with Crippen LogP contribution >= 0.6 is 0 Å². The molecule has 18 atom stereocenters. The van der Waals surface area contributed by atoms with E-state index >= 15 is 0 Å². The van der Waals surface area contributed by atoms with Crippen LogP contribution in [0.25, 0.3) is 0 Å². The Labute approximate surface area is 556 Å². The van der Waals surface area contributed by atoms with E-state index in [1.54, 1.807) is 6.08 Å². The van der Waals surface area contributed by atoms with Crippen molar-refractivity contribution >= 4 is 17.8 Å². The van der Waals surface area contributed by atoms with Gasteiger partial charge >= 0.3 is 5.97 Å². The molecule has 23 heteroatoms. The SMILES string of the molecule is CCCCCCCCCCCCC/C=C/C(O)C(COC1OC(CO)C(OC2OC(CO)C(O)C(OC3(C(=O)O)CC(O)C(NC(C)=O)C(C(O)C(O)CO)O3)C2O)C(O)C1O)NC(=O)CCCCCCCCCCCCCCCCCCCCCCCCCCCC. The summed E-state index contributed by atoms with van der Waals surface area (Å²) in [5.74, 6) is -6.13. The Kier molecular flexibility index (Phi) is 46.2. The van der Waals surface area contributed by atoms with Gasteiger partial charge in [-0.3, -0.25) is 9.59 Å². The molecule has 0 spiro atoms. The molecule has 23 nitrogen and oxygen atoms in total. The molecule has 3 aliphatic heterocycles. The van der Waals surface area contributed by atoms with E-state index in [9.17, 15) is 75.7 Å². The Morgan fingerprint density at radius 3 is 1.43 bits per heavy atom. The standard InChI is InChI=1S/C70H130N2O21/c1-4-6-8-10-12-14-16-18-19-20-21-22-23-24-25-26-27-28-29-30-32-34-36-38-40-42-44-57(80)72-51(52(77)43-41-39-37-35-33-31-17-15-13-11-9-7-5-2)49-88-67-62(84)61(83)64(56(48-75)90-67)91-68-63(85)66(60(82)55(47-74)89-68)93-70(69(86)87)45-53(78)58(71-50(3)76)65(92-70)59(81)54(79)46-73/h41,43,51-56,58-68,73-75,77-79,81-85H,4-40,42,44-49H2,1-3H3,(H,71,76)(H,72,80)(H,86,87)/b43-41+. The number of allylic oxidation sites excluding steroid dienone is 1. The summed E-state index contributed by atoms with van der Waals surface area (Å²) < 4.78 is 34.8. The van der Waals surface area contributed by atoms with Crippen LogP contribution in [0, 0.1) is 0 Å². The number of unbranched alkanes of at least 4 members (excludes halogenated alkanes) is 36. The number of ether oxygens (including phenoxy) is 6. The Balaban J connectivity index is 1.53. The highest BCUT2D eigenvalue weighted by Gasteiger charge is 2.60. The van der Waals surface area contributed by atoms with Gasteiger partial charge in [0.15, 0.2) is 12.6 Å². The molecule has 3 rings (SSSR count). The second-order valence-electron chi connectivity index (χ2n) is 26.8. The molecule has 3 saturated heterocycles. The fourth-order valence-electron chi connectivity index (χ4n) is 12.9. The van der Waals surface area contributed by atoms with Crippen molar-refractivity contribution < 1.29 is 104 Å². The number of carbonyl (C=O) groups excluding carboxylic acids is 2. The van der Waals surface area contributed by atoms with Gasteiger partial charge in [-0.25, -0.2) is 4.79 Å². The van der Waals surface area contributed by atoms with E-state index in [2.05, 4.69) is 24.5 Å². The van der Waals surface area contributed by atoms with E-state index in [0.717, 1.165) is 51.9 Å². The fourth-order valence-corrected chi connectivity index (χ4v) is 12.9. The largest absolute Gasteiger partial charge is 0.477 e. The summed E-state index contributed by atoms with van der Waals surface area (Å²) >= 11 is 0. The summed E-state index contributed by atoms with van der Waals surface area (Å²) in [6, 6.07) is -2.61. The maximum Gasteiger partial charge on any atom is 0.364 e. The molecule has 0 radical (unpaired) electrons. The van der Waals surface area contributed by atoms with Gasteiger partial charge in [-0.2, -0.15) is 0 Å². The van der Waals surface area contributed by atoms with Crippen molar-refractivity contribution in [2.75, 3.05) is 26.4 Å². The van der Waals surface area contributed by atoms with E-state index in [4.69, 9.17) is 28.4 Å². The van der Waals surface area contributed by atoms with Crippen LogP contribution in [-0.4, -0.2) is 215 Å². The third kappa shape index (κ3) is 32.8. The van der Waals surface area contributed by atoms with Crippen LogP contribution in [0.2, 0.25) is 0 Å². The van der Waals surface area contributed by atoms with E-state index < -0.39 is 155 Å². The number of hydrogen-bond donors (Lipinski definition) is 14. The van der Waals surface area contributed by atoms with Crippen molar-refractivity contribution in [2.24, 2.45) is 0 Å². The lowest BCUT2D eigenvalue weighted by Crippen LogP contribution is -2.70. The first-order valence-electron chi connectivity index (χ1n) is 36.6. The molecule has 3 aliphatic rings.